The van der Waals surface area contributed by atoms with Crippen LogP contribution in [-0.2, 0) is 4.79 Å². The van der Waals surface area contributed by atoms with E-state index in [0.717, 1.165) is 49.7 Å². The van der Waals surface area contributed by atoms with E-state index in [4.69, 9.17) is 16.3 Å². The number of benzene rings is 2. The highest BCUT2D eigenvalue weighted by atomic mass is 35.5. The Morgan fingerprint density at radius 2 is 1.73 bits per heavy atom. The highest BCUT2D eigenvalue weighted by Gasteiger charge is 2.27. The number of carbonyl (C=O) groups is 1. The second-order valence-electron chi connectivity index (χ2n) is 7.87. The van der Waals surface area contributed by atoms with E-state index < -0.39 is 0 Å². The summed E-state index contributed by atoms with van der Waals surface area (Å²) in [4.78, 5) is 17.5. The van der Waals surface area contributed by atoms with Gasteiger partial charge in [-0.25, -0.2) is 0 Å². The molecule has 0 bridgehead atoms. The number of carbonyl (C=O) groups excluding carboxylic acids is 1. The smallest absolute Gasteiger partial charge is 0.235 e. The minimum atomic E-state index is -0.280. The number of rotatable bonds is 7. The van der Waals surface area contributed by atoms with Crippen LogP contribution in [0.15, 0.2) is 53.7 Å². The maximum Gasteiger partial charge on any atom is 0.235 e. The van der Waals surface area contributed by atoms with Crippen LogP contribution in [0.1, 0.15) is 13.8 Å². The number of halogens is 1. The van der Waals surface area contributed by atoms with E-state index in [9.17, 15) is 4.79 Å². The van der Waals surface area contributed by atoms with Gasteiger partial charge in [0.25, 0.3) is 0 Å². The van der Waals surface area contributed by atoms with Gasteiger partial charge in [-0.15, -0.1) is 10.2 Å². The first-order chi connectivity index (χ1) is 16.0. The van der Waals surface area contributed by atoms with Crippen LogP contribution in [0.4, 0.5) is 0 Å². The zero-order chi connectivity index (χ0) is 23.4. The van der Waals surface area contributed by atoms with Crippen molar-refractivity contribution in [2.75, 3.05) is 39.8 Å². The number of likely N-dealkylation sites (N-methyl/N-ethyl adjacent to an activating group) is 1. The lowest BCUT2D eigenvalue weighted by Gasteiger charge is -2.35. The third-order valence-electron chi connectivity index (χ3n) is 5.83. The van der Waals surface area contributed by atoms with E-state index >= 15 is 0 Å². The molecule has 4 rings (SSSR count). The number of hydrogen-bond donors (Lipinski definition) is 0. The Hall–Kier alpha value is -2.55. The lowest BCUT2D eigenvalue weighted by molar-refractivity contribution is -0.132. The second-order valence-corrected chi connectivity index (χ2v) is 9.61. The molecule has 0 radical (unpaired) electrons. The maximum atomic E-state index is 13.1. The molecule has 0 saturated carbocycles. The zero-order valence-corrected chi connectivity index (χ0v) is 20.6. The number of methoxy groups -OCH3 is 1. The summed E-state index contributed by atoms with van der Waals surface area (Å²) < 4.78 is 7.29. The van der Waals surface area contributed by atoms with Crippen molar-refractivity contribution in [3.8, 4) is 22.8 Å². The van der Waals surface area contributed by atoms with E-state index in [0.29, 0.717) is 16.0 Å². The molecule has 2 heterocycles. The Balaban J connectivity index is 1.62. The number of aromatic nitrogens is 3. The fourth-order valence-electron chi connectivity index (χ4n) is 3.85. The standard InChI is InChI=1S/C24H28ClN5O2S/c1-4-28-13-15-29(16-14-28)23(31)17(2)33-24-27-26-22(18-5-7-19(25)8-6-18)30(24)20-9-11-21(32-3)12-10-20/h5-12,17H,4,13-16H2,1-3H3. The van der Waals surface area contributed by atoms with Crippen molar-refractivity contribution in [3.63, 3.8) is 0 Å². The molecule has 1 aliphatic heterocycles. The van der Waals surface area contributed by atoms with Crippen molar-refractivity contribution in [1.82, 2.24) is 24.6 Å². The first kappa shape index (κ1) is 23.6. The Morgan fingerprint density at radius 1 is 1.06 bits per heavy atom. The van der Waals surface area contributed by atoms with Crippen LogP contribution < -0.4 is 4.74 Å². The molecule has 3 aromatic rings. The normalized spacial score (nSPS) is 15.5. The molecule has 33 heavy (non-hydrogen) atoms. The molecule has 0 N–H and O–H groups in total. The molecule has 1 fully saturated rings. The summed E-state index contributed by atoms with van der Waals surface area (Å²) in [6, 6.07) is 15.2. The Labute approximate surface area is 203 Å². The van der Waals surface area contributed by atoms with Crippen molar-refractivity contribution in [2.24, 2.45) is 0 Å². The quantitative estimate of drug-likeness (QED) is 0.466. The average molecular weight is 486 g/mol. The van der Waals surface area contributed by atoms with Crippen molar-refractivity contribution in [1.29, 1.82) is 0 Å². The molecule has 174 valence electrons. The van der Waals surface area contributed by atoms with Gasteiger partial charge in [0.15, 0.2) is 11.0 Å². The van der Waals surface area contributed by atoms with E-state index in [1.165, 1.54) is 11.8 Å². The molecule has 1 aromatic heterocycles. The molecule has 0 spiro atoms. The van der Waals surface area contributed by atoms with Gasteiger partial charge in [0.2, 0.25) is 5.91 Å². The first-order valence-corrected chi connectivity index (χ1v) is 12.3. The number of amides is 1. The van der Waals surface area contributed by atoms with E-state index in [1.807, 2.05) is 64.9 Å². The summed E-state index contributed by atoms with van der Waals surface area (Å²) in [5, 5.41) is 9.97. The molecular formula is C24H28ClN5O2S. The predicted octanol–water partition coefficient (Wildman–Crippen LogP) is 4.24. The summed E-state index contributed by atoms with van der Waals surface area (Å²) >= 11 is 7.51. The molecule has 1 unspecified atom stereocenters. The van der Waals surface area contributed by atoms with Gasteiger partial charge >= 0.3 is 0 Å². The van der Waals surface area contributed by atoms with Crippen molar-refractivity contribution >= 4 is 29.3 Å². The second kappa shape index (κ2) is 10.6. The minimum absolute atomic E-state index is 0.132. The molecule has 7 nitrogen and oxygen atoms in total. The van der Waals surface area contributed by atoms with Crippen molar-refractivity contribution in [3.05, 3.63) is 53.6 Å². The highest BCUT2D eigenvalue weighted by molar-refractivity contribution is 8.00. The number of thioether (sulfide) groups is 1. The maximum absolute atomic E-state index is 13.1. The molecule has 0 aliphatic carbocycles. The summed E-state index contributed by atoms with van der Waals surface area (Å²) in [6.45, 7) is 8.47. The molecule has 1 atom stereocenters. The molecule has 1 aliphatic rings. The van der Waals surface area contributed by atoms with Gasteiger partial charge in [-0.3, -0.25) is 9.36 Å². The Morgan fingerprint density at radius 3 is 2.33 bits per heavy atom. The minimum Gasteiger partial charge on any atom is -0.497 e. The zero-order valence-electron chi connectivity index (χ0n) is 19.1. The van der Waals surface area contributed by atoms with Crippen molar-refractivity contribution in [2.45, 2.75) is 24.3 Å². The number of ether oxygens (including phenoxy) is 1. The highest BCUT2D eigenvalue weighted by Crippen LogP contribution is 2.32. The summed E-state index contributed by atoms with van der Waals surface area (Å²) in [6.07, 6.45) is 0. The number of piperazine rings is 1. The van der Waals surface area contributed by atoms with Crippen LogP contribution >= 0.6 is 23.4 Å². The lowest BCUT2D eigenvalue weighted by Crippen LogP contribution is -2.50. The van der Waals surface area contributed by atoms with Gasteiger partial charge in [-0.2, -0.15) is 0 Å². The van der Waals surface area contributed by atoms with Crippen molar-refractivity contribution < 1.29 is 9.53 Å². The molecular weight excluding hydrogens is 458 g/mol. The third-order valence-corrected chi connectivity index (χ3v) is 7.11. The van der Waals surface area contributed by atoms with Gasteiger partial charge < -0.3 is 14.5 Å². The van der Waals surface area contributed by atoms with Gasteiger partial charge in [-0.05, 0) is 62.0 Å². The molecule has 9 heteroatoms. The Kier molecular flexibility index (Phi) is 7.57. The molecule has 2 aromatic carbocycles. The summed E-state index contributed by atoms with van der Waals surface area (Å²) in [5.74, 6) is 1.59. The van der Waals surface area contributed by atoms with Crippen LogP contribution in [0.25, 0.3) is 17.1 Å². The van der Waals surface area contributed by atoms with Gasteiger partial charge in [0, 0.05) is 42.5 Å². The van der Waals surface area contributed by atoms with E-state index in [2.05, 4.69) is 22.0 Å². The van der Waals surface area contributed by atoms with Crippen LogP contribution in [0.2, 0.25) is 5.02 Å². The lowest BCUT2D eigenvalue weighted by atomic mass is 10.2. The third kappa shape index (κ3) is 5.34. The monoisotopic (exact) mass is 485 g/mol. The largest absolute Gasteiger partial charge is 0.497 e. The number of hydrogen-bond acceptors (Lipinski definition) is 6. The SMILES string of the molecule is CCN1CCN(C(=O)C(C)Sc2nnc(-c3ccc(Cl)cc3)n2-c2ccc(OC)cc2)CC1. The number of nitrogens with zero attached hydrogens (tertiary/aromatic N) is 5. The Bertz CT molecular complexity index is 1080. The summed E-state index contributed by atoms with van der Waals surface area (Å²) in [5.41, 5.74) is 1.79. The fraction of sp³-hybridized carbons (Fsp3) is 0.375. The summed E-state index contributed by atoms with van der Waals surface area (Å²) in [7, 11) is 1.64. The predicted molar refractivity (Wildman–Crippen MR) is 132 cm³/mol. The van der Waals surface area contributed by atoms with Gasteiger partial charge in [0.1, 0.15) is 5.75 Å². The van der Waals surface area contributed by atoms with Crippen LogP contribution in [0.3, 0.4) is 0 Å². The average Bonchev–Trinajstić information content (AvgIpc) is 3.27. The molecule has 1 saturated heterocycles. The fourth-order valence-corrected chi connectivity index (χ4v) is 4.92. The van der Waals surface area contributed by atoms with Gasteiger partial charge in [-0.1, -0.05) is 30.3 Å². The van der Waals surface area contributed by atoms with Gasteiger partial charge in [0.05, 0.1) is 12.4 Å². The molecule has 1 amide bonds. The van der Waals surface area contributed by atoms with E-state index in [1.54, 1.807) is 7.11 Å². The topological polar surface area (TPSA) is 63.5 Å². The first-order valence-electron chi connectivity index (χ1n) is 11.0. The van der Waals surface area contributed by atoms with Crippen LogP contribution in [-0.4, -0.2) is 75.6 Å². The van der Waals surface area contributed by atoms with Crippen LogP contribution in [0, 0.1) is 0 Å². The van der Waals surface area contributed by atoms with Crippen LogP contribution in [0.5, 0.6) is 5.75 Å². The van der Waals surface area contributed by atoms with E-state index in [-0.39, 0.29) is 11.2 Å².